The van der Waals surface area contributed by atoms with Gasteiger partial charge in [-0.25, -0.2) is 4.79 Å². The van der Waals surface area contributed by atoms with Crippen molar-refractivity contribution in [1.29, 1.82) is 0 Å². The number of fused-ring (bicyclic) bond motifs is 1. The average Bonchev–Trinajstić information content (AvgIpc) is 3.30. The van der Waals surface area contributed by atoms with E-state index in [1.54, 1.807) is 10.8 Å². The van der Waals surface area contributed by atoms with Crippen molar-refractivity contribution in [2.75, 3.05) is 37.6 Å². The monoisotopic (exact) mass is 475 g/mol. The van der Waals surface area contributed by atoms with Crippen molar-refractivity contribution in [2.24, 2.45) is 0 Å². The summed E-state index contributed by atoms with van der Waals surface area (Å²) in [7, 11) is 0. The van der Waals surface area contributed by atoms with Gasteiger partial charge in [-0.3, -0.25) is 4.79 Å². The maximum absolute atomic E-state index is 12.8. The van der Waals surface area contributed by atoms with E-state index in [1.807, 2.05) is 62.1 Å². The highest BCUT2D eigenvalue weighted by Crippen LogP contribution is 2.15. The van der Waals surface area contributed by atoms with Gasteiger partial charge in [0.2, 0.25) is 5.91 Å². The third-order valence-electron chi connectivity index (χ3n) is 5.37. The molecule has 1 aliphatic rings. The fourth-order valence-corrected chi connectivity index (χ4v) is 3.64. The fourth-order valence-electron chi connectivity index (χ4n) is 3.64. The molecule has 0 saturated carbocycles. The molecule has 0 radical (unpaired) electrons. The number of nitrogens with one attached hydrogen (secondary N) is 1. The van der Waals surface area contributed by atoms with Gasteiger partial charge in [0.05, 0.1) is 13.0 Å². The Morgan fingerprint density at radius 3 is 2.51 bits per heavy atom. The lowest BCUT2D eigenvalue weighted by Crippen LogP contribution is -2.49. The molecule has 1 N–H and O–H groups in total. The molecule has 3 heterocycles. The van der Waals surface area contributed by atoms with Crippen molar-refractivity contribution in [2.45, 2.75) is 32.8 Å². The Morgan fingerprint density at radius 1 is 1.06 bits per heavy atom. The standard InChI is InChI=1S/C25H29N7O3/c1-25(2,3)35-24(34)26-12-4-5-19-6-8-20(9-7-19)17-23(33)31-15-13-30(14-16-31)22-11-10-21-28-27-18-32(21)29-22/h6-11,18H,12-17H2,1-3H3,(H,26,34). The predicted molar refractivity (Wildman–Crippen MR) is 131 cm³/mol. The van der Waals surface area contributed by atoms with E-state index in [2.05, 4.69) is 37.4 Å². The fraction of sp³-hybridized carbons (Fsp3) is 0.400. The number of piperazine rings is 1. The van der Waals surface area contributed by atoms with Gasteiger partial charge in [0.25, 0.3) is 0 Å². The number of carbonyl (C=O) groups is 2. The molecule has 1 aliphatic heterocycles. The normalized spacial score (nSPS) is 13.8. The van der Waals surface area contributed by atoms with Gasteiger partial charge in [-0.15, -0.1) is 15.3 Å². The lowest BCUT2D eigenvalue weighted by atomic mass is 10.1. The van der Waals surface area contributed by atoms with Crippen LogP contribution in [-0.4, -0.2) is 75.0 Å². The van der Waals surface area contributed by atoms with Crippen LogP contribution in [0.2, 0.25) is 0 Å². The van der Waals surface area contributed by atoms with Gasteiger partial charge in [-0.1, -0.05) is 24.0 Å². The van der Waals surface area contributed by atoms with E-state index in [4.69, 9.17) is 4.74 Å². The molecule has 35 heavy (non-hydrogen) atoms. The molecule has 0 aliphatic carbocycles. The second kappa shape index (κ2) is 10.4. The van der Waals surface area contributed by atoms with E-state index in [1.165, 1.54) is 0 Å². The zero-order valence-corrected chi connectivity index (χ0v) is 20.2. The third kappa shape index (κ3) is 6.69. The smallest absolute Gasteiger partial charge is 0.408 e. The first kappa shape index (κ1) is 24.0. The van der Waals surface area contributed by atoms with Crippen LogP contribution in [0.4, 0.5) is 10.6 Å². The van der Waals surface area contributed by atoms with Crippen LogP contribution in [0.25, 0.3) is 5.65 Å². The summed E-state index contributed by atoms with van der Waals surface area (Å²) in [5.41, 5.74) is 1.92. The molecule has 2 aromatic heterocycles. The Balaban J connectivity index is 1.23. The number of hydrogen-bond acceptors (Lipinski definition) is 7. The van der Waals surface area contributed by atoms with Crippen molar-refractivity contribution in [3.05, 3.63) is 53.9 Å². The van der Waals surface area contributed by atoms with Crippen LogP contribution in [0, 0.1) is 11.8 Å². The quantitative estimate of drug-likeness (QED) is 0.575. The van der Waals surface area contributed by atoms with E-state index in [0.717, 1.165) is 30.0 Å². The second-order valence-corrected chi connectivity index (χ2v) is 9.22. The number of benzene rings is 1. The van der Waals surface area contributed by atoms with Crippen LogP contribution in [0.5, 0.6) is 0 Å². The number of anilines is 1. The van der Waals surface area contributed by atoms with E-state index >= 15 is 0 Å². The third-order valence-corrected chi connectivity index (χ3v) is 5.37. The molecule has 0 bridgehead atoms. The minimum Gasteiger partial charge on any atom is -0.444 e. The summed E-state index contributed by atoms with van der Waals surface area (Å²) in [5.74, 6) is 6.85. The zero-order valence-electron chi connectivity index (χ0n) is 20.2. The molecule has 1 saturated heterocycles. The van der Waals surface area contributed by atoms with Crippen LogP contribution >= 0.6 is 0 Å². The SMILES string of the molecule is CC(C)(C)OC(=O)NCC#Cc1ccc(CC(=O)N2CCN(c3ccc4nncn4n3)CC2)cc1. The Morgan fingerprint density at radius 2 is 1.80 bits per heavy atom. The summed E-state index contributed by atoms with van der Waals surface area (Å²) in [6, 6.07) is 11.4. The van der Waals surface area contributed by atoms with E-state index < -0.39 is 11.7 Å². The van der Waals surface area contributed by atoms with Gasteiger partial charge >= 0.3 is 6.09 Å². The van der Waals surface area contributed by atoms with Crippen molar-refractivity contribution in [3.8, 4) is 11.8 Å². The van der Waals surface area contributed by atoms with Gasteiger partial charge in [-0.05, 0) is 50.6 Å². The Hall–Kier alpha value is -4.13. The summed E-state index contributed by atoms with van der Waals surface area (Å²) in [5, 5.41) is 15.0. The maximum atomic E-state index is 12.8. The summed E-state index contributed by atoms with van der Waals surface area (Å²) >= 11 is 0. The first-order valence-electron chi connectivity index (χ1n) is 11.5. The van der Waals surface area contributed by atoms with Crippen LogP contribution in [0.3, 0.4) is 0 Å². The first-order chi connectivity index (χ1) is 16.8. The van der Waals surface area contributed by atoms with Crippen LogP contribution in [0.1, 0.15) is 31.9 Å². The van der Waals surface area contributed by atoms with Crippen molar-refractivity contribution in [3.63, 3.8) is 0 Å². The lowest BCUT2D eigenvalue weighted by molar-refractivity contribution is -0.130. The number of ether oxygens (including phenoxy) is 1. The van der Waals surface area contributed by atoms with E-state index in [9.17, 15) is 9.59 Å². The number of rotatable bonds is 4. The highest BCUT2D eigenvalue weighted by Gasteiger charge is 2.22. The molecule has 0 spiro atoms. The second-order valence-electron chi connectivity index (χ2n) is 9.22. The highest BCUT2D eigenvalue weighted by molar-refractivity contribution is 5.79. The number of hydrogen-bond donors (Lipinski definition) is 1. The van der Waals surface area contributed by atoms with Crippen molar-refractivity contribution in [1.82, 2.24) is 30.0 Å². The summed E-state index contributed by atoms with van der Waals surface area (Å²) in [6.07, 6.45) is 1.43. The predicted octanol–water partition coefficient (Wildman–Crippen LogP) is 1.89. The molecule has 2 amide bonds. The lowest BCUT2D eigenvalue weighted by Gasteiger charge is -2.35. The van der Waals surface area contributed by atoms with Gasteiger partial charge in [0.15, 0.2) is 5.65 Å². The maximum Gasteiger partial charge on any atom is 0.408 e. The minimum atomic E-state index is -0.538. The first-order valence-corrected chi connectivity index (χ1v) is 11.5. The number of alkyl carbamates (subject to hydrolysis) is 1. The van der Waals surface area contributed by atoms with Crippen molar-refractivity contribution >= 4 is 23.5 Å². The molecule has 4 rings (SSSR count). The molecule has 1 fully saturated rings. The number of nitrogens with zero attached hydrogens (tertiary/aromatic N) is 6. The van der Waals surface area contributed by atoms with Crippen LogP contribution in [-0.2, 0) is 16.0 Å². The molecule has 0 atom stereocenters. The number of amides is 2. The molecule has 0 unspecified atom stereocenters. The molecule has 182 valence electrons. The number of aromatic nitrogens is 4. The van der Waals surface area contributed by atoms with Crippen molar-refractivity contribution < 1.29 is 14.3 Å². The largest absolute Gasteiger partial charge is 0.444 e. The Kier molecular flexibility index (Phi) is 7.15. The summed E-state index contributed by atoms with van der Waals surface area (Å²) < 4.78 is 6.82. The zero-order chi connectivity index (χ0) is 24.8. The number of carbonyl (C=O) groups excluding carboxylic acids is 2. The average molecular weight is 476 g/mol. The molecule has 1 aromatic carbocycles. The molecular weight excluding hydrogens is 446 g/mol. The highest BCUT2D eigenvalue weighted by atomic mass is 16.6. The Labute approximate surface area is 204 Å². The van der Waals surface area contributed by atoms with Crippen LogP contribution in [0.15, 0.2) is 42.7 Å². The molecule has 10 heteroatoms. The topological polar surface area (TPSA) is 105 Å². The summed E-state index contributed by atoms with van der Waals surface area (Å²) in [4.78, 5) is 28.5. The molecule has 10 nitrogen and oxygen atoms in total. The van der Waals surface area contributed by atoms with Gasteiger partial charge in [-0.2, -0.15) is 4.52 Å². The Bertz CT molecular complexity index is 1240. The van der Waals surface area contributed by atoms with Gasteiger partial charge in [0.1, 0.15) is 17.7 Å². The minimum absolute atomic E-state index is 0.104. The van der Waals surface area contributed by atoms with E-state index in [0.29, 0.717) is 25.2 Å². The molecular formula is C25H29N7O3. The van der Waals surface area contributed by atoms with Crippen LogP contribution < -0.4 is 10.2 Å². The van der Waals surface area contributed by atoms with E-state index in [-0.39, 0.29) is 12.5 Å². The van der Waals surface area contributed by atoms with Gasteiger partial charge in [0, 0.05) is 31.7 Å². The summed E-state index contributed by atoms with van der Waals surface area (Å²) in [6.45, 7) is 8.36. The molecule has 3 aromatic rings. The van der Waals surface area contributed by atoms with Gasteiger partial charge < -0.3 is 19.9 Å².